The van der Waals surface area contributed by atoms with Crippen molar-refractivity contribution in [1.82, 2.24) is 4.90 Å². The quantitative estimate of drug-likeness (QED) is 0.262. The van der Waals surface area contributed by atoms with E-state index in [0.717, 1.165) is 0 Å². The molecule has 3 heterocycles. The first-order valence-electron chi connectivity index (χ1n) is 17.8. The fourth-order valence-corrected chi connectivity index (χ4v) is 7.77. The lowest BCUT2D eigenvalue weighted by atomic mass is 9.76. The summed E-state index contributed by atoms with van der Waals surface area (Å²) in [5.74, 6) is -4.53. The van der Waals surface area contributed by atoms with Crippen molar-refractivity contribution in [1.29, 1.82) is 0 Å². The number of carbonyl (C=O) groups excluding carboxylic acids is 3. The summed E-state index contributed by atoms with van der Waals surface area (Å²) < 4.78 is 37.1. The number of likely N-dealkylation sites (N-methyl/N-ethyl adjacent to an activating group) is 1. The van der Waals surface area contributed by atoms with Gasteiger partial charge in [0, 0.05) is 31.4 Å². The summed E-state index contributed by atoms with van der Waals surface area (Å²) in [4.78, 5) is 42.4. The number of ketones is 2. The number of aliphatic hydroxyl groups excluding tert-OH is 2. The van der Waals surface area contributed by atoms with Crippen LogP contribution in [-0.2, 0) is 42.8 Å². The van der Waals surface area contributed by atoms with E-state index in [0.29, 0.717) is 12.8 Å². The van der Waals surface area contributed by atoms with Gasteiger partial charge in [-0.3, -0.25) is 14.4 Å². The molecule has 0 spiro atoms. The topological polar surface area (TPSA) is 171 Å². The number of hydrogen-bond acceptors (Lipinski definition) is 13. The maximum absolute atomic E-state index is 13.9. The number of ether oxygens (including phenoxy) is 6. The number of methoxy groups -OCH3 is 1. The highest BCUT2D eigenvalue weighted by atomic mass is 16.7. The molecule has 0 aromatic heterocycles. The first kappa shape index (κ1) is 41.9. The molecule has 0 aromatic rings. The molecule has 3 rings (SSSR count). The monoisotopic (exact) mass is 701 g/mol. The van der Waals surface area contributed by atoms with E-state index in [1.807, 2.05) is 32.8 Å². The molecule has 3 unspecified atom stereocenters. The van der Waals surface area contributed by atoms with Gasteiger partial charge in [0.15, 0.2) is 12.6 Å². The predicted molar refractivity (Wildman–Crippen MR) is 179 cm³/mol. The van der Waals surface area contributed by atoms with Gasteiger partial charge < -0.3 is 48.6 Å². The number of cyclic esters (lactones) is 1. The smallest absolute Gasteiger partial charge is 0.311 e. The number of nitrogens with zero attached hydrogens (tertiary/aromatic N) is 1. The minimum Gasteiger partial charge on any atom is -0.461 e. The Morgan fingerprint density at radius 3 is 2.12 bits per heavy atom. The van der Waals surface area contributed by atoms with E-state index in [4.69, 9.17) is 28.4 Å². The van der Waals surface area contributed by atoms with Crippen LogP contribution in [0.4, 0.5) is 0 Å². The Bertz CT molecular complexity index is 1130. The van der Waals surface area contributed by atoms with Crippen LogP contribution in [-0.4, -0.2) is 132 Å². The Balaban J connectivity index is 2.14. The van der Waals surface area contributed by atoms with Crippen LogP contribution >= 0.6 is 0 Å². The number of hydrogen-bond donors (Lipinski definition) is 3. The molecule has 16 atom stereocenters. The molecule has 3 fully saturated rings. The van der Waals surface area contributed by atoms with Crippen molar-refractivity contribution < 1.29 is 58.1 Å². The van der Waals surface area contributed by atoms with E-state index in [9.17, 15) is 29.7 Å². The molecule has 0 radical (unpaired) electrons. The van der Waals surface area contributed by atoms with Crippen LogP contribution in [0.15, 0.2) is 0 Å². The van der Waals surface area contributed by atoms with Gasteiger partial charge >= 0.3 is 5.97 Å². The fourth-order valence-electron chi connectivity index (χ4n) is 7.77. The molecule has 0 aromatic carbocycles. The van der Waals surface area contributed by atoms with Crippen molar-refractivity contribution in [2.75, 3.05) is 21.2 Å². The minimum atomic E-state index is -1.74. The normalized spacial score (nSPS) is 46.7. The van der Waals surface area contributed by atoms with Gasteiger partial charge in [0.25, 0.3) is 0 Å². The summed E-state index contributed by atoms with van der Waals surface area (Å²) in [5.41, 5.74) is -2.76. The Kier molecular flexibility index (Phi) is 14.4. The highest BCUT2D eigenvalue weighted by molar-refractivity contribution is 6.01. The van der Waals surface area contributed by atoms with Gasteiger partial charge in [-0.2, -0.15) is 0 Å². The first-order chi connectivity index (χ1) is 22.7. The van der Waals surface area contributed by atoms with Crippen molar-refractivity contribution in [3.8, 4) is 0 Å². The maximum atomic E-state index is 13.9. The third-order valence-electron chi connectivity index (χ3n) is 11.2. The molecule has 0 bridgehead atoms. The third kappa shape index (κ3) is 9.66. The molecule has 13 heteroatoms. The van der Waals surface area contributed by atoms with E-state index in [1.54, 1.807) is 48.5 Å². The van der Waals surface area contributed by atoms with Crippen LogP contribution < -0.4 is 0 Å². The van der Waals surface area contributed by atoms with Crippen LogP contribution in [0.2, 0.25) is 0 Å². The second-order valence-corrected chi connectivity index (χ2v) is 15.6. The number of rotatable bonds is 7. The molecular weight excluding hydrogens is 638 g/mol. The van der Waals surface area contributed by atoms with E-state index in [2.05, 4.69) is 0 Å². The summed E-state index contributed by atoms with van der Waals surface area (Å²) in [6.45, 7) is 15.4. The van der Waals surface area contributed by atoms with Crippen molar-refractivity contribution >= 4 is 17.5 Å². The summed E-state index contributed by atoms with van der Waals surface area (Å²) >= 11 is 0. The highest BCUT2D eigenvalue weighted by Gasteiger charge is 2.52. The third-order valence-corrected chi connectivity index (χ3v) is 11.2. The summed E-state index contributed by atoms with van der Waals surface area (Å²) in [5, 5.41) is 34.5. The lowest BCUT2D eigenvalue weighted by molar-refractivity contribution is -0.317. The molecule has 3 saturated heterocycles. The maximum Gasteiger partial charge on any atom is 0.311 e. The number of esters is 1. The highest BCUT2D eigenvalue weighted by Crippen LogP contribution is 2.40. The largest absolute Gasteiger partial charge is 0.461 e. The molecule has 0 saturated carbocycles. The van der Waals surface area contributed by atoms with Gasteiger partial charge in [-0.25, -0.2) is 0 Å². The van der Waals surface area contributed by atoms with Crippen LogP contribution in [0, 0.1) is 23.7 Å². The average Bonchev–Trinajstić information content (AvgIpc) is 3.02. The fraction of sp³-hybridized carbons (Fsp3) is 0.917. The first-order valence-corrected chi connectivity index (χ1v) is 17.8. The molecule has 3 aliphatic heterocycles. The van der Waals surface area contributed by atoms with Crippen molar-refractivity contribution in [2.45, 2.75) is 167 Å². The van der Waals surface area contributed by atoms with Crippen LogP contribution in [0.5, 0.6) is 0 Å². The Morgan fingerprint density at radius 2 is 1.55 bits per heavy atom. The minimum absolute atomic E-state index is 0.0777. The van der Waals surface area contributed by atoms with E-state index in [-0.39, 0.29) is 43.0 Å². The number of aliphatic hydroxyl groups is 3. The molecule has 284 valence electrons. The van der Waals surface area contributed by atoms with Gasteiger partial charge in [-0.05, 0) is 68.0 Å². The molecule has 49 heavy (non-hydrogen) atoms. The van der Waals surface area contributed by atoms with Crippen LogP contribution in [0.25, 0.3) is 0 Å². The zero-order chi connectivity index (χ0) is 37.2. The van der Waals surface area contributed by atoms with Crippen molar-refractivity contribution in [2.24, 2.45) is 23.7 Å². The zero-order valence-corrected chi connectivity index (χ0v) is 31.6. The standard InChI is InChI=1S/C36H63NO12/c1-13-27-20(4)26(39)15-25(38)18(2)16-35(8,43)32(49-34-29(40)24(37(10)11)14-19(3)45-34)21(5)30(22(6)33(42)47-27)48-28-17-36(9,44-12)31(41)23(7)46-28/h18-24,27-32,34,40-41,43H,13-17H2,1-12H3/t18-,19-,20-,21+,22-,23+,24+,27-,28?,29-,30?,31+,32-,34?,35-,36-/m1/s1. The zero-order valence-electron chi connectivity index (χ0n) is 31.6. The SMILES string of the molecule is CC[C@H]1OC(=O)[C@H](C)C(OC2C[C@@](C)(OC)[C@@H](O)[C@H](C)O2)[C@H](C)[C@@H](OC2O[C@H](C)C[C@H](N(C)C)[C@H]2O)[C@](C)(O)C[C@@H](C)C(=O)CC(=O)[C@H]1C. The van der Waals surface area contributed by atoms with Gasteiger partial charge in [-0.1, -0.05) is 27.7 Å². The Hall–Kier alpha value is -1.55. The molecule has 0 aliphatic carbocycles. The summed E-state index contributed by atoms with van der Waals surface area (Å²) in [7, 11) is 5.21. The second kappa shape index (κ2) is 16.9. The van der Waals surface area contributed by atoms with E-state index in [1.165, 1.54) is 7.11 Å². The van der Waals surface area contributed by atoms with Gasteiger partial charge in [0.1, 0.15) is 29.9 Å². The molecular formula is C36H63NO12. The molecule has 13 nitrogen and oxygen atoms in total. The molecule has 0 amide bonds. The lowest BCUT2D eigenvalue weighted by Gasteiger charge is -2.48. The average molecular weight is 702 g/mol. The Morgan fingerprint density at radius 1 is 0.918 bits per heavy atom. The van der Waals surface area contributed by atoms with Gasteiger partial charge in [0.2, 0.25) is 0 Å². The molecule has 3 aliphatic rings. The van der Waals surface area contributed by atoms with E-state index >= 15 is 0 Å². The number of Topliss-reactive ketones (excluding diaryl/α,β-unsaturated/α-hetero) is 2. The van der Waals surface area contributed by atoms with Crippen molar-refractivity contribution in [3.05, 3.63) is 0 Å². The molecule has 3 N–H and O–H groups in total. The van der Waals surface area contributed by atoms with E-state index < -0.39 is 90.0 Å². The lowest BCUT2D eigenvalue weighted by Crippen LogP contribution is -2.60. The number of carbonyl (C=O) groups is 3. The Labute approximate surface area is 292 Å². The summed E-state index contributed by atoms with van der Waals surface area (Å²) in [6, 6.07) is -0.303. The van der Waals surface area contributed by atoms with Crippen LogP contribution in [0.1, 0.15) is 94.4 Å². The van der Waals surface area contributed by atoms with Crippen LogP contribution in [0.3, 0.4) is 0 Å². The van der Waals surface area contributed by atoms with Crippen molar-refractivity contribution in [3.63, 3.8) is 0 Å². The second-order valence-electron chi connectivity index (χ2n) is 15.6. The predicted octanol–water partition coefficient (Wildman–Crippen LogP) is 2.63. The van der Waals surface area contributed by atoms with Gasteiger partial charge in [0.05, 0.1) is 53.9 Å². The summed E-state index contributed by atoms with van der Waals surface area (Å²) in [6.07, 6.45) is -7.43. The van der Waals surface area contributed by atoms with Gasteiger partial charge in [-0.15, -0.1) is 0 Å².